The van der Waals surface area contributed by atoms with Crippen LogP contribution in [0.3, 0.4) is 0 Å². The highest BCUT2D eigenvalue weighted by Crippen LogP contribution is 2.35. The molecule has 0 saturated carbocycles. The zero-order valence-electron chi connectivity index (χ0n) is 17.5. The number of aryl methyl sites for hydroxylation is 2. The number of benzene rings is 2. The molecule has 1 aliphatic rings. The van der Waals surface area contributed by atoms with Gasteiger partial charge in [0.1, 0.15) is 0 Å². The van der Waals surface area contributed by atoms with Crippen LogP contribution in [0.2, 0.25) is 0 Å². The number of fused-ring (bicyclic) bond motifs is 1. The Bertz CT molecular complexity index is 983. The van der Waals surface area contributed by atoms with Gasteiger partial charge in [0.25, 0.3) is 0 Å². The Kier molecular flexibility index (Phi) is 4.79. The summed E-state index contributed by atoms with van der Waals surface area (Å²) >= 11 is 0. The van der Waals surface area contributed by atoms with Crippen LogP contribution in [0.15, 0.2) is 42.5 Å². The van der Waals surface area contributed by atoms with Crippen molar-refractivity contribution in [3.8, 4) is 0 Å². The van der Waals surface area contributed by atoms with Crippen molar-refractivity contribution in [1.82, 2.24) is 25.1 Å². The molecule has 5 nitrogen and oxygen atoms in total. The van der Waals surface area contributed by atoms with E-state index in [9.17, 15) is 0 Å². The first-order chi connectivity index (χ1) is 13.3. The summed E-state index contributed by atoms with van der Waals surface area (Å²) in [6, 6.07) is 15.5. The van der Waals surface area contributed by atoms with Gasteiger partial charge in [-0.15, -0.1) is 5.10 Å². The molecule has 5 heteroatoms. The van der Waals surface area contributed by atoms with Crippen LogP contribution in [0.1, 0.15) is 60.5 Å². The molecule has 1 unspecified atom stereocenters. The van der Waals surface area contributed by atoms with Crippen LogP contribution in [0.25, 0.3) is 0 Å². The van der Waals surface area contributed by atoms with E-state index in [-0.39, 0.29) is 11.6 Å². The van der Waals surface area contributed by atoms with Crippen molar-refractivity contribution in [2.24, 2.45) is 0 Å². The number of aromatic nitrogens is 4. The van der Waals surface area contributed by atoms with Crippen LogP contribution in [-0.4, -0.2) is 31.7 Å². The summed E-state index contributed by atoms with van der Waals surface area (Å²) in [7, 11) is 0. The molecule has 1 atom stereocenters. The molecule has 2 heterocycles. The highest BCUT2D eigenvalue weighted by atomic mass is 15.6. The smallest absolute Gasteiger partial charge is 0.173 e. The third kappa shape index (κ3) is 3.47. The minimum atomic E-state index is -0.177. The van der Waals surface area contributed by atoms with Crippen LogP contribution in [0, 0.1) is 13.8 Å². The molecule has 0 radical (unpaired) electrons. The highest BCUT2D eigenvalue weighted by molar-refractivity contribution is 5.36. The maximum atomic E-state index is 4.51. The lowest BCUT2D eigenvalue weighted by atomic mass is 9.93. The Morgan fingerprint density at radius 3 is 2.54 bits per heavy atom. The summed E-state index contributed by atoms with van der Waals surface area (Å²) in [6.07, 6.45) is 1.05. The summed E-state index contributed by atoms with van der Waals surface area (Å²) in [6.45, 7) is 12.7. The molecule has 0 amide bonds. The van der Waals surface area contributed by atoms with Crippen molar-refractivity contribution in [1.29, 1.82) is 0 Å². The summed E-state index contributed by atoms with van der Waals surface area (Å²) in [5, 5.41) is 12.9. The molecular weight excluding hydrogens is 346 g/mol. The Labute approximate surface area is 167 Å². The van der Waals surface area contributed by atoms with Crippen LogP contribution in [0.4, 0.5) is 0 Å². The Balaban J connectivity index is 1.82. The van der Waals surface area contributed by atoms with Crippen molar-refractivity contribution in [2.75, 3.05) is 6.54 Å². The summed E-state index contributed by atoms with van der Waals surface area (Å²) < 4.78 is 1.98. The molecule has 0 spiro atoms. The van der Waals surface area contributed by atoms with Crippen molar-refractivity contribution in [3.05, 3.63) is 76.1 Å². The van der Waals surface area contributed by atoms with E-state index in [1.54, 1.807) is 0 Å². The third-order valence-electron chi connectivity index (χ3n) is 5.63. The molecule has 1 aliphatic heterocycles. The van der Waals surface area contributed by atoms with Crippen LogP contribution >= 0.6 is 0 Å². The minimum Gasteiger partial charge on any atom is -0.285 e. The fourth-order valence-electron chi connectivity index (χ4n) is 4.16. The Morgan fingerprint density at radius 1 is 1.00 bits per heavy atom. The lowest BCUT2D eigenvalue weighted by molar-refractivity contribution is 0.185. The second kappa shape index (κ2) is 7.13. The van der Waals surface area contributed by atoms with Gasteiger partial charge in [0.05, 0.1) is 11.6 Å². The number of tetrazole rings is 1. The first kappa shape index (κ1) is 18.8. The average Bonchev–Trinajstić information content (AvgIpc) is 3.13. The number of hydrogen-bond acceptors (Lipinski definition) is 4. The maximum absolute atomic E-state index is 4.51. The van der Waals surface area contributed by atoms with Crippen LogP contribution in [0.5, 0.6) is 0 Å². The normalized spacial score (nSPS) is 16.0. The Morgan fingerprint density at radius 2 is 1.79 bits per heavy atom. The second-order valence-electron chi connectivity index (χ2n) is 8.87. The van der Waals surface area contributed by atoms with Crippen molar-refractivity contribution in [2.45, 2.75) is 59.2 Å². The fraction of sp³-hybridized carbons (Fsp3) is 0.435. The topological polar surface area (TPSA) is 46.8 Å². The third-order valence-corrected chi connectivity index (χ3v) is 5.63. The lowest BCUT2D eigenvalue weighted by Crippen LogP contribution is -2.38. The Hall–Kier alpha value is -2.53. The van der Waals surface area contributed by atoms with Crippen molar-refractivity contribution >= 4 is 0 Å². The molecule has 0 fully saturated rings. The largest absolute Gasteiger partial charge is 0.285 e. The second-order valence-corrected chi connectivity index (χ2v) is 8.87. The molecule has 1 aromatic heterocycles. The zero-order chi connectivity index (χ0) is 19.9. The monoisotopic (exact) mass is 375 g/mol. The highest BCUT2D eigenvalue weighted by Gasteiger charge is 2.33. The van der Waals surface area contributed by atoms with Crippen LogP contribution < -0.4 is 0 Å². The van der Waals surface area contributed by atoms with E-state index in [4.69, 9.17) is 0 Å². The predicted octanol–water partition coefficient (Wildman–Crippen LogP) is 4.19. The first-order valence-electron chi connectivity index (χ1n) is 10.0. The molecule has 3 aromatic rings. The van der Waals surface area contributed by atoms with E-state index in [1.807, 2.05) is 4.68 Å². The van der Waals surface area contributed by atoms with Gasteiger partial charge in [-0.3, -0.25) is 4.90 Å². The van der Waals surface area contributed by atoms with E-state index in [1.165, 1.54) is 27.8 Å². The van der Waals surface area contributed by atoms with E-state index in [2.05, 4.69) is 97.5 Å². The predicted molar refractivity (Wildman–Crippen MR) is 111 cm³/mol. The quantitative estimate of drug-likeness (QED) is 0.689. The van der Waals surface area contributed by atoms with Gasteiger partial charge in [-0.05, 0) is 73.7 Å². The van der Waals surface area contributed by atoms with Gasteiger partial charge in [0.15, 0.2) is 5.82 Å². The number of hydrogen-bond donors (Lipinski definition) is 0. The molecule has 28 heavy (non-hydrogen) atoms. The maximum Gasteiger partial charge on any atom is 0.173 e. The van der Waals surface area contributed by atoms with Crippen LogP contribution in [-0.2, 0) is 18.5 Å². The molecule has 146 valence electrons. The first-order valence-corrected chi connectivity index (χ1v) is 10.0. The lowest BCUT2D eigenvalue weighted by Gasteiger charge is -2.37. The summed E-state index contributed by atoms with van der Waals surface area (Å²) in [4.78, 5) is 2.53. The zero-order valence-corrected chi connectivity index (χ0v) is 17.5. The van der Waals surface area contributed by atoms with Gasteiger partial charge < -0.3 is 0 Å². The summed E-state index contributed by atoms with van der Waals surface area (Å²) in [5.74, 6) is 0.915. The molecule has 0 aliphatic carbocycles. The van der Waals surface area contributed by atoms with Gasteiger partial charge >= 0.3 is 0 Å². The van der Waals surface area contributed by atoms with Gasteiger partial charge in [-0.2, -0.15) is 0 Å². The van der Waals surface area contributed by atoms with E-state index in [0.29, 0.717) is 0 Å². The van der Waals surface area contributed by atoms with E-state index >= 15 is 0 Å². The molecule has 2 aromatic carbocycles. The molecular formula is C23H29N5. The molecule has 4 rings (SSSR count). The van der Waals surface area contributed by atoms with E-state index in [0.717, 1.165) is 25.3 Å². The van der Waals surface area contributed by atoms with Crippen molar-refractivity contribution in [3.63, 3.8) is 0 Å². The van der Waals surface area contributed by atoms with Gasteiger partial charge in [-0.1, -0.05) is 48.0 Å². The van der Waals surface area contributed by atoms with Gasteiger partial charge in [0, 0.05) is 13.1 Å². The standard InChI is InChI=1S/C23H29N5/c1-16-10-11-18-12-13-27(15-19(18)14-16)21(20-9-7-6-8-17(20)2)22-24-25-26-28(22)23(3,4)5/h6-11,14,21H,12-13,15H2,1-5H3. The average molecular weight is 376 g/mol. The van der Waals surface area contributed by atoms with E-state index < -0.39 is 0 Å². The molecule has 0 N–H and O–H groups in total. The SMILES string of the molecule is Cc1ccc2c(c1)CN(C(c1ccccc1C)c1nnnn1C(C)(C)C)CC2. The number of rotatable bonds is 3. The van der Waals surface area contributed by atoms with Gasteiger partial charge in [-0.25, -0.2) is 4.68 Å². The number of nitrogens with zero attached hydrogens (tertiary/aromatic N) is 5. The molecule has 0 bridgehead atoms. The molecule has 0 saturated heterocycles. The van der Waals surface area contributed by atoms with Gasteiger partial charge in [0.2, 0.25) is 0 Å². The summed E-state index contributed by atoms with van der Waals surface area (Å²) in [5.41, 5.74) is 6.56. The minimum absolute atomic E-state index is 0.0316. The fourth-order valence-corrected chi connectivity index (χ4v) is 4.16. The van der Waals surface area contributed by atoms with Crippen molar-refractivity contribution < 1.29 is 0 Å².